The monoisotopic (exact) mass is 242 g/mol. The van der Waals surface area contributed by atoms with Crippen LogP contribution in [0.2, 0.25) is 0 Å². The second-order valence-corrected chi connectivity index (χ2v) is 4.28. The fraction of sp³-hybridized carbons (Fsp3) is 0.818. The molecule has 0 aliphatic rings. The number of methoxy groups -OCH3 is 1. The lowest BCUT2D eigenvalue weighted by molar-refractivity contribution is -0.128. The van der Waals surface area contributed by atoms with Crippen LogP contribution in [0.15, 0.2) is 0 Å². The van der Waals surface area contributed by atoms with Crippen LogP contribution in [0, 0.1) is 17.2 Å². The number of nitriles is 1. The van der Waals surface area contributed by atoms with E-state index in [1.807, 2.05) is 4.90 Å². The first kappa shape index (κ1) is 15.8. The summed E-state index contributed by atoms with van der Waals surface area (Å²) < 4.78 is 5.03. The van der Waals surface area contributed by atoms with Crippen LogP contribution in [0.3, 0.4) is 0 Å². The van der Waals surface area contributed by atoms with Gasteiger partial charge in [-0.25, -0.2) is 5.84 Å². The Labute approximate surface area is 103 Å². The van der Waals surface area contributed by atoms with E-state index in [0.717, 1.165) is 6.54 Å². The van der Waals surface area contributed by atoms with Gasteiger partial charge >= 0.3 is 0 Å². The van der Waals surface area contributed by atoms with Gasteiger partial charge in [-0.2, -0.15) is 5.26 Å². The minimum Gasteiger partial charge on any atom is -0.383 e. The van der Waals surface area contributed by atoms with Crippen molar-refractivity contribution in [2.75, 3.05) is 26.8 Å². The van der Waals surface area contributed by atoms with Crippen LogP contribution in [-0.4, -0.2) is 43.7 Å². The SMILES string of the molecule is COCC(C(=O)NN)N(CCC#N)CC(C)C. The standard InChI is InChI=1S/C11H22N4O2/c1-9(2)7-15(6-4-5-12)10(8-17-3)11(16)14-13/h9-10H,4,6-8,13H2,1-3H3,(H,14,16). The molecule has 0 aliphatic heterocycles. The van der Waals surface area contributed by atoms with E-state index >= 15 is 0 Å². The molecule has 0 radical (unpaired) electrons. The highest BCUT2D eigenvalue weighted by molar-refractivity contribution is 5.81. The summed E-state index contributed by atoms with van der Waals surface area (Å²) in [6, 6.07) is 1.64. The van der Waals surface area contributed by atoms with Crippen molar-refractivity contribution in [2.45, 2.75) is 26.3 Å². The van der Waals surface area contributed by atoms with Crippen molar-refractivity contribution in [3.05, 3.63) is 0 Å². The second-order valence-electron chi connectivity index (χ2n) is 4.28. The van der Waals surface area contributed by atoms with Crippen molar-refractivity contribution in [3.63, 3.8) is 0 Å². The Kier molecular flexibility index (Phi) is 8.32. The van der Waals surface area contributed by atoms with Crippen molar-refractivity contribution < 1.29 is 9.53 Å². The third-order valence-corrected chi connectivity index (χ3v) is 2.32. The summed E-state index contributed by atoms with van der Waals surface area (Å²) in [5.41, 5.74) is 2.14. The highest BCUT2D eigenvalue weighted by atomic mass is 16.5. The number of ether oxygens (including phenoxy) is 1. The lowest BCUT2D eigenvalue weighted by Crippen LogP contribution is -2.52. The Morgan fingerprint density at radius 3 is 2.65 bits per heavy atom. The topological polar surface area (TPSA) is 91.4 Å². The zero-order chi connectivity index (χ0) is 13.3. The normalized spacial score (nSPS) is 12.5. The Morgan fingerprint density at radius 2 is 2.24 bits per heavy atom. The van der Waals surface area contributed by atoms with E-state index in [0.29, 0.717) is 18.9 Å². The van der Waals surface area contributed by atoms with Gasteiger partial charge in [-0.15, -0.1) is 0 Å². The third kappa shape index (κ3) is 6.22. The smallest absolute Gasteiger partial charge is 0.253 e. The Balaban J connectivity index is 4.66. The fourth-order valence-corrected chi connectivity index (χ4v) is 1.64. The van der Waals surface area contributed by atoms with Crippen molar-refractivity contribution in [3.8, 4) is 6.07 Å². The largest absolute Gasteiger partial charge is 0.383 e. The van der Waals surface area contributed by atoms with Gasteiger partial charge in [0.25, 0.3) is 5.91 Å². The number of nitrogens with two attached hydrogens (primary N) is 1. The number of hydrogen-bond acceptors (Lipinski definition) is 5. The third-order valence-electron chi connectivity index (χ3n) is 2.32. The molecule has 0 bridgehead atoms. The number of rotatable bonds is 8. The molecule has 0 saturated carbocycles. The van der Waals surface area contributed by atoms with Gasteiger partial charge in [-0.05, 0) is 5.92 Å². The van der Waals surface area contributed by atoms with Crippen molar-refractivity contribution in [1.29, 1.82) is 5.26 Å². The van der Waals surface area contributed by atoms with E-state index < -0.39 is 6.04 Å². The van der Waals surface area contributed by atoms with Gasteiger partial charge in [-0.3, -0.25) is 15.1 Å². The molecule has 0 aromatic carbocycles. The van der Waals surface area contributed by atoms with Crippen molar-refractivity contribution in [1.82, 2.24) is 10.3 Å². The number of nitrogens with zero attached hydrogens (tertiary/aromatic N) is 2. The van der Waals surface area contributed by atoms with Gasteiger partial charge in [-0.1, -0.05) is 13.8 Å². The first-order valence-corrected chi connectivity index (χ1v) is 5.67. The van der Waals surface area contributed by atoms with Crippen LogP contribution in [0.25, 0.3) is 0 Å². The van der Waals surface area contributed by atoms with Gasteiger partial charge in [0.05, 0.1) is 12.7 Å². The quantitative estimate of drug-likeness (QED) is 0.351. The van der Waals surface area contributed by atoms with Crippen molar-refractivity contribution >= 4 is 5.91 Å². The average Bonchev–Trinajstić information content (AvgIpc) is 2.30. The molecule has 0 spiro atoms. The highest BCUT2D eigenvalue weighted by Crippen LogP contribution is 2.06. The average molecular weight is 242 g/mol. The number of nitrogens with one attached hydrogen (secondary N) is 1. The summed E-state index contributed by atoms with van der Waals surface area (Å²) in [5.74, 6) is 5.27. The molecule has 0 rings (SSSR count). The number of carbonyl (C=O) groups excluding carboxylic acids is 1. The van der Waals surface area contributed by atoms with E-state index in [-0.39, 0.29) is 12.5 Å². The zero-order valence-electron chi connectivity index (χ0n) is 10.8. The Morgan fingerprint density at radius 1 is 1.59 bits per heavy atom. The molecule has 0 fully saturated rings. The lowest BCUT2D eigenvalue weighted by Gasteiger charge is -2.30. The number of amides is 1. The number of hydrogen-bond donors (Lipinski definition) is 2. The van der Waals surface area contributed by atoms with E-state index in [1.54, 1.807) is 0 Å². The van der Waals surface area contributed by atoms with Crippen LogP contribution >= 0.6 is 0 Å². The Hall–Kier alpha value is -1.16. The van der Waals surface area contributed by atoms with E-state index in [4.69, 9.17) is 15.8 Å². The minimum absolute atomic E-state index is 0.265. The molecule has 0 heterocycles. The maximum atomic E-state index is 11.6. The molecule has 98 valence electrons. The summed E-state index contributed by atoms with van der Waals surface area (Å²) in [7, 11) is 1.54. The van der Waals surface area contributed by atoms with Crippen molar-refractivity contribution in [2.24, 2.45) is 11.8 Å². The maximum absolute atomic E-state index is 11.6. The maximum Gasteiger partial charge on any atom is 0.253 e. The summed E-state index contributed by atoms with van der Waals surface area (Å²) in [6.45, 7) is 5.65. The van der Waals surface area contributed by atoms with Gasteiger partial charge < -0.3 is 4.74 Å². The first-order chi connectivity index (χ1) is 8.06. The molecule has 1 amide bonds. The van der Waals surface area contributed by atoms with Crippen LogP contribution in [0.1, 0.15) is 20.3 Å². The van der Waals surface area contributed by atoms with E-state index in [1.165, 1.54) is 7.11 Å². The Bertz CT molecular complexity index is 263. The molecular formula is C11H22N4O2. The van der Waals surface area contributed by atoms with Gasteiger partial charge in [0.1, 0.15) is 6.04 Å². The summed E-state index contributed by atoms with van der Waals surface area (Å²) in [6.07, 6.45) is 0.380. The summed E-state index contributed by atoms with van der Waals surface area (Å²) >= 11 is 0. The number of hydrazine groups is 1. The van der Waals surface area contributed by atoms with Gasteiger partial charge in [0, 0.05) is 26.6 Å². The number of carbonyl (C=O) groups is 1. The second kappa shape index (κ2) is 8.93. The molecule has 17 heavy (non-hydrogen) atoms. The van der Waals surface area contributed by atoms with E-state index in [2.05, 4.69) is 25.3 Å². The first-order valence-electron chi connectivity index (χ1n) is 5.67. The van der Waals surface area contributed by atoms with E-state index in [9.17, 15) is 4.79 Å². The van der Waals surface area contributed by atoms with Gasteiger partial charge in [0.2, 0.25) is 0 Å². The molecule has 1 unspecified atom stereocenters. The van der Waals surface area contributed by atoms with Crippen LogP contribution in [0.5, 0.6) is 0 Å². The predicted molar refractivity (Wildman–Crippen MR) is 64.6 cm³/mol. The molecule has 0 aliphatic carbocycles. The molecule has 6 nitrogen and oxygen atoms in total. The van der Waals surface area contributed by atoms with Crippen LogP contribution in [0.4, 0.5) is 0 Å². The molecule has 1 atom stereocenters. The predicted octanol–water partition coefficient (Wildman–Crippen LogP) is -0.137. The summed E-state index contributed by atoms with van der Waals surface area (Å²) in [5, 5.41) is 8.62. The molecule has 6 heteroatoms. The van der Waals surface area contributed by atoms with Gasteiger partial charge in [0.15, 0.2) is 0 Å². The molecule has 0 saturated heterocycles. The molecular weight excluding hydrogens is 220 g/mol. The fourth-order valence-electron chi connectivity index (χ4n) is 1.64. The van der Waals surface area contributed by atoms with Crippen LogP contribution in [-0.2, 0) is 9.53 Å². The summed E-state index contributed by atoms with van der Waals surface area (Å²) in [4.78, 5) is 13.6. The lowest BCUT2D eigenvalue weighted by atomic mass is 10.1. The zero-order valence-corrected chi connectivity index (χ0v) is 10.8. The molecule has 3 N–H and O–H groups in total. The minimum atomic E-state index is -0.444. The molecule has 0 aromatic rings. The molecule has 0 aromatic heterocycles. The highest BCUT2D eigenvalue weighted by Gasteiger charge is 2.25. The van der Waals surface area contributed by atoms with Crippen LogP contribution < -0.4 is 11.3 Å².